The maximum Gasteiger partial charge on any atom is 0.326 e. The number of nitrogens with zero attached hydrogens (tertiary/aromatic N) is 2. The zero-order valence-corrected chi connectivity index (χ0v) is 14.0. The molecule has 0 spiro atoms. The van der Waals surface area contributed by atoms with Gasteiger partial charge < -0.3 is 16.0 Å². The Labute approximate surface area is 144 Å². The van der Waals surface area contributed by atoms with Crippen molar-refractivity contribution < 1.29 is 24.3 Å². The third kappa shape index (κ3) is 6.76. The van der Waals surface area contributed by atoms with Crippen molar-refractivity contribution in [2.45, 2.75) is 30.6 Å². The molecule has 0 radical (unpaired) electrons. The van der Waals surface area contributed by atoms with Crippen LogP contribution < -0.4 is 5.32 Å². The summed E-state index contributed by atoms with van der Waals surface area (Å²) >= 11 is 1.33. The van der Waals surface area contributed by atoms with E-state index >= 15 is 0 Å². The Morgan fingerprint density at radius 3 is 2.54 bits per heavy atom. The molecular formula is C16H19N3O4S. The second-order valence-electron chi connectivity index (χ2n) is 5.06. The molecule has 1 aromatic carbocycles. The van der Waals surface area contributed by atoms with Crippen LogP contribution in [-0.2, 0) is 20.8 Å². The van der Waals surface area contributed by atoms with Crippen LogP contribution in [0.5, 0.6) is 0 Å². The van der Waals surface area contributed by atoms with Gasteiger partial charge in [-0.3, -0.25) is 9.59 Å². The van der Waals surface area contributed by atoms with Gasteiger partial charge in [-0.25, -0.2) is 4.79 Å². The number of benzene rings is 1. The number of carboxylic acid groups (broad SMARTS) is 1. The van der Waals surface area contributed by atoms with Gasteiger partial charge in [-0.05, 0) is 24.7 Å². The van der Waals surface area contributed by atoms with Gasteiger partial charge in [0.25, 0.3) is 0 Å². The number of rotatable bonds is 10. The highest BCUT2D eigenvalue weighted by Gasteiger charge is 2.25. The van der Waals surface area contributed by atoms with E-state index in [0.717, 1.165) is 5.56 Å². The van der Waals surface area contributed by atoms with E-state index in [2.05, 4.69) is 10.1 Å². The van der Waals surface area contributed by atoms with Crippen LogP contribution in [0.4, 0.5) is 0 Å². The summed E-state index contributed by atoms with van der Waals surface area (Å²) in [5.74, 6) is -2.11. The Bertz CT molecular complexity index is 629. The monoisotopic (exact) mass is 349 g/mol. The van der Waals surface area contributed by atoms with Crippen LogP contribution in [-0.4, -0.2) is 51.3 Å². The zero-order chi connectivity index (χ0) is 17.9. The summed E-state index contributed by atoms with van der Waals surface area (Å²) in [6.45, 7) is 0. The van der Waals surface area contributed by atoms with E-state index in [-0.39, 0.29) is 18.7 Å². The second kappa shape index (κ2) is 10.4. The number of hydrogen-bond acceptors (Lipinski definition) is 4. The van der Waals surface area contributed by atoms with Crippen molar-refractivity contribution in [3.63, 3.8) is 0 Å². The fraction of sp³-hybridized carbons (Fsp3) is 0.375. The van der Waals surface area contributed by atoms with Crippen LogP contribution in [0.25, 0.3) is 5.53 Å². The minimum absolute atomic E-state index is 0.0711. The second-order valence-corrected chi connectivity index (χ2v) is 6.10. The highest BCUT2D eigenvalue weighted by Crippen LogP contribution is 2.15. The maximum absolute atomic E-state index is 12.3. The van der Waals surface area contributed by atoms with Gasteiger partial charge in [-0.15, -0.1) is 0 Å². The van der Waals surface area contributed by atoms with Gasteiger partial charge in [-0.2, -0.15) is 16.6 Å². The number of ketones is 1. The molecule has 24 heavy (non-hydrogen) atoms. The van der Waals surface area contributed by atoms with E-state index in [1.807, 2.05) is 30.3 Å². The quantitative estimate of drug-likeness (QED) is 0.373. The molecule has 2 atom stereocenters. The predicted octanol–water partition coefficient (Wildman–Crippen LogP) is 1.18. The SMILES string of the molecule is CSC(Cc1ccccc1)C(=O)NC(CCC(=O)C=[N+]=[N-])C(=O)O. The van der Waals surface area contributed by atoms with Gasteiger partial charge in [0.2, 0.25) is 11.7 Å². The maximum atomic E-state index is 12.3. The molecule has 2 N–H and O–H groups in total. The molecule has 0 aliphatic heterocycles. The van der Waals surface area contributed by atoms with Gasteiger partial charge in [0.1, 0.15) is 6.04 Å². The third-order valence-electron chi connectivity index (χ3n) is 3.34. The van der Waals surface area contributed by atoms with Crippen molar-refractivity contribution >= 4 is 35.6 Å². The smallest absolute Gasteiger partial charge is 0.326 e. The first-order chi connectivity index (χ1) is 11.5. The number of thioether (sulfide) groups is 1. The molecular weight excluding hydrogens is 330 g/mol. The molecule has 0 heterocycles. The van der Waals surface area contributed by atoms with E-state index in [0.29, 0.717) is 12.6 Å². The number of Topliss-reactive ketones (excluding diaryl/α,β-unsaturated/α-hetero) is 1. The minimum Gasteiger partial charge on any atom is -0.480 e. The lowest BCUT2D eigenvalue weighted by molar-refractivity contribution is -0.142. The van der Waals surface area contributed by atoms with Crippen molar-refractivity contribution in [3.05, 3.63) is 41.4 Å². The number of amides is 1. The lowest BCUT2D eigenvalue weighted by Crippen LogP contribution is -2.45. The van der Waals surface area contributed by atoms with Crippen LogP contribution in [0.1, 0.15) is 18.4 Å². The topological polar surface area (TPSA) is 120 Å². The van der Waals surface area contributed by atoms with Crippen molar-refractivity contribution in [1.82, 2.24) is 5.32 Å². The normalized spacial score (nSPS) is 12.5. The van der Waals surface area contributed by atoms with Crippen LogP contribution in [0.15, 0.2) is 30.3 Å². The third-order valence-corrected chi connectivity index (χ3v) is 4.29. The van der Waals surface area contributed by atoms with Gasteiger partial charge in [-0.1, -0.05) is 30.3 Å². The van der Waals surface area contributed by atoms with E-state index in [4.69, 9.17) is 5.53 Å². The molecule has 0 aliphatic carbocycles. The van der Waals surface area contributed by atoms with Crippen LogP contribution in [0.2, 0.25) is 0 Å². The molecule has 0 saturated carbocycles. The van der Waals surface area contributed by atoms with Gasteiger partial charge in [0.05, 0.1) is 5.25 Å². The number of carbonyl (C=O) groups excluding carboxylic acids is 2. The number of carboxylic acids is 1. The number of nitrogens with one attached hydrogen (secondary N) is 1. The summed E-state index contributed by atoms with van der Waals surface area (Å²) in [7, 11) is 0. The predicted molar refractivity (Wildman–Crippen MR) is 90.9 cm³/mol. The molecule has 7 nitrogen and oxygen atoms in total. The highest BCUT2D eigenvalue weighted by atomic mass is 32.2. The molecule has 0 bridgehead atoms. The van der Waals surface area contributed by atoms with Crippen LogP contribution in [0.3, 0.4) is 0 Å². The fourth-order valence-electron chi connectivity index (χ4n) is 2.05. The molecule has 8 heteroatoms. The van der Waals surface area contributed by atoms with E-state index < -0.39 is 23.0 Å². The van der Waals surface area contributed by atoms with Crippen LogP contribution >= 0.6 is 11.8 Å². The summed E-state index contributed by atoms with van der Waals surface area (Å²) in [5.41, 5.74) is 9.24. The largest absolute Gasteiger partial charge is 0.480 e. The number of carbonyl (C=O) groups is 3. The van der Waals surface area contributed by atoms with Crippen molar-refractivity contribution in [2.75, 3.05) is 6.26 Å². The van der Waals surface area contributed by atoms with Gasteiger partial charge >= 0.3 is 12.2 Å². The minimum atomic E-state index is -1.21. The number of aliphatic carboxylic acids is 1. The molecule has 0 aliphatic rings. The lowest BCUT2D eigenvalue weighted by Gasteiger charge is -2.19. The average molecular weight is 349 g/mol. The van der Waals surface area contributed by atoms with Crippen molar-refractivity contribution in [2.24, 2.45) is 0 Å². The van der Waals surface area contributed by atoms with E-state index in [1.54, 1.807) is 6.26 Å². The first-order valence-corrected chi connectivity index (χ1v) is 8.57. The summed E-state index contributed by atoms with van der Waals surface area (Å²) in [4.78, 5) is 37.4. The standard InChI is InChI=1S/C16H19N3O4S/c1-24-14(9-11-5-3-2-4-6-11)15(21)19-13(16(22)23)8-7-12(20)10-18-17/h2-6,10,13-14H,7-9H2,1H3,(H,19,21)(H,22,23). The molecule has 2 unspecified atom stereocenters. The Morgan fingerprint density at radius 1 is 1.33 bits per heavy atom. The Morgan fingerprint density at radius 2 is 2.00 bits per heavy atom. The average Bonchev–Trinajstić information content (AvgIpc) is 2.57. The molecule has 1 aromatic rings. The summed E-state index contributed by atoms with van der Waals surface area (Å²) < 4.78 is 0. The Hall–Kier alpha value is -2.44. The van der Waals surface area contributed by atoms with Crippen molar-refractivity contribution in [1.29, 1.82) is 0 Å². The first kappa shape index (κ1) is 19.6. The van der Waals surface area contributed by atoms with Gasteiger partial charge in [0.15, 0.2) is 0 Å². The lowest BCUT2D eigenvalue weighted by atomic mass is 10.1. The van der Waals surface area contributed by atoms with E-state index in [9.17, 15) is 19.5 Å². The highest BCUT2D eigenvalue weighted by molar-refractivity contribution is 7.99. The fourth-order valence-corrected chi connectivity index (χ4v) is 2.69. The molecule has 128 valence electrons. The summed E-state index contributed by atoms with van der Waals surface area (Å²) in [6.07, 6.45) is 2.77. The molecule has 0 aromatic heterocycles. The first-order valence-electron chi connectivity index (χ1n) is 7.28. The molecule has 1 amide bonds. The Balaban J connectivity index is 2.66. The molecule has 0 fully saturated rings. The molecule has 1 rings (SSSR count). The summed E-state index contributed by atoms with van der Waals surface area (Å²) in [6, 6.07) is 8.26. The zero-order valence-electron chi connectivity index (χ0n) is 13.2. The number of hydrogen-bond donors (Lipinski definition) is 2. The van der Waals surface area contributed by atoms with Gasteiger partial charge in [0, 0.05) is 6.42 Å². The van der Waals surface area contributed by atoms with E-state index in [1.165, 1.54) is 11.8 Å². The van der Waals surface area contributed by atoms with Crippen molar-refractivity contribution in [3.8, 4) is 0 Å². The summed E-state index contributed by atoms with van der Waals surface area (Å²) in [5, 5.41) is 11.2. The van der Waals surface area contributed by atoms with Crippen LogP contribution in [0, 0.1) is 0 Å². The Kier molecular flexibility index (Phi) is 8.46. The molecule has 0 saturated heterocycles.